The van der Waals surface area contributed by atoms with Gasteiger partial charge in [-0.05, 0) is 49.8 Å². The molecule has 0 amide bonds. The minimum atomic E-state index is -1.92. The van der Waals surface area contributed by atoms with E-state index in [4.69, 9.17) is 0 Å². The predicted octanol–water partition coefficient (Wildman–Crippen LogP) is 8.45. The third kappa shape index (κ3) is 16.1. The van der Waals surface area contributed by atoms with Gasteiger partial charge in [-0.3, -0.25) is 4.21 Å². The third-order valence-electron chi connectivity index (χ3n) is 5.43. The molecule has 0 saturated carbocycles. The Hall–Kier alpha value is -0.560. The number of halogens is 1. The lowest BCUT2D eigenvalue weighted by Crippen LogP contribution is -2.11. The quantitative estimate of drug-likeness (QED) is 0.108. The van der Waals surface area contributed by atoms with Crippen LogP contribution in [0.4, 0.5) is 0 Å². The summed E-state index contributed by atoms with van der Waals surface area (Å²) >= 11 is 1.46. The first-order chi connectivity index (χ1) is 15.5. The highest BCUT2D eigenvalue weighted by Crippen LogP contribution is 2.15. The SMILES string of the molecule is CCCCCCCCC=CCCCCCCC(C=CS(=O)Cc1ccc(Br)cc1)S(=O)O. The topological polar surface area (TPSA) is 54.4 Å². The molecule has 0 radical (unpaired) electrons. The molecule has 1 aromatic rings. The number of benzene rings is 1. The van der Waals surface area contributed by atoms with Crippen LogP contribution in [0.2, 0.25) is 0 Å². The summed E-state index contributed by atoms with van der Waals surface area (Å²) < 4.78 is 34.4. The molecule has 0 spiro atoms. The van der Waals surface area contributed by atoms with Crippen molar-refractivity contribution in [1.29, 1.82) is 0 Å². The summed E-state index contributed by atoms with van der Waals surface area (Å²) in [5.41, 5.74) is 0.985. The summed E-state index contributed by atoms with van der Waals surface area (Å²) in [6, 6.07) is 7.71. The Morgan fingerprint density at radius 2 is 1.44 bits per heavy atom. The van der Waals surface area contributed by atoms with Gasteiger partial charge in [0.1, 0.15) is 0 Å². The van der Waals surface area contributed by atoms with Crippen molar-refractivity contribution in [2.45, 2.75) is 101 Å². The van der Waals surface area contributed by atoms with Crippen LogP contribution >= 0.6 is 15.9 Å². The fourth-order valence-corrected chi connectivity index (χ4v) is 5.40. The zero-order valence-corrected chi connectivity index (χ0v) is 22.8. The van der Waals surface area contributed by atoms with Crippen molar-refractivity contribution in [3.63, 3.8) is 0 Å². The fraction of sp³-hybridized carbons (Fsp3) is 0.615. The smallest absolute Gasteiger partial charge is 0.159 e. The molecule has 0 bridgehead atoms. The van der Waals surface area contributed by atoms with Gasteiger partial charge in [-0.15, -0.1) is 0 Å². The van der Waals surface area contributed by atoms with Gasteiger partial charge < -0.3 is 4.55 Å². The van der Waals surface area contributed by atoms with Crippen molar-refractivity contribution in [3.05, 3.63) is 57.9 Å². The standard InChI is InChI=1S/C26H41BrO3S2/c1-2-3-4-5-6-7-8-9-10-11-12-13-14-15-16-26(32(29)30)21-22-31(28)23-24-17-19-25(27)20-18-24/h9-10,17-22,26H,2-8,11-16,23H2,1H3,(H,29,30). The van der Waals surface area contributed by atoms with E-state index in [1.807, 2.05) is 24.3 Å². The lowest BCUT2D eigenvalue weighted by atomic mass is 10.1. The Morgan fingerprint density at radius 1 is 0.875 bits per heavy atom. The molecule has 182 valence electrons. The van der Waals surface area contributed by atoms with Crippen LogP contribution in [-0.4, -0.2) is 18.2 Å². The molecule has 6 heteroatoms. The van der Waals surface area contributed by atoms with Crippen molar-refractivity contribution >= 4 is 37.8 Å². The molecule has 0 aliphatic rings. The number of rotatable bonds is 19. The molecule has 1 rings (SSSR count). The number of unbranched alkanes of at least 4 members (excludes halogenated alkanes) is 10. The monoisotopic (exact) mass is 544 g/mol. The van der Waals surface area contributed by atoms with Crippen molar-refractivity contribution in [1.82, 2.24) is 0 Å². The summed E-state index contributed by atoms with van der Waals surface area (Å²) in [5.74, 6) is 0.418. The van der Waals surface area contributed by atoms with Gasteiger partial charge >= 0.3 is 0 Å². The second-order valence-corrected chi connectivity index (χ2v) is 11.7. The molecule has 32 heavy (non-hydrogen) atoms. The van der Waals surface area contributed by atoms with Crippen LogP contribution in [0, 0.1) is 0 Å². The lowest BCUT2D eigenvalue weighted by molar-refractivity contribution is 0.543. The molecule has 1 aromatic carbocycles. The zero-order chi connectivity index (χ0) is 23.4. The van der Waals surface area contributed by atoms with Crippen LogP contribution in [0.3, 0.4) is 0 Å². The minimum Gasteiger partial charge on any atom is -0.306 e. The highest BCUT2D eigenvalue weighted by Gasteiger charge is 2.11. The average Bonchev–Trinajstić information content (AvgIpc) is 2.77. The fourth-order valence-electron chi connectivity index (χ4n) is 3.47. The van der Waals surface area contributed by atoms with Gasteiger partial charge in [0, 0.05) is 20.7 Å². The summed E-state index contributed by atoms with van der Waals surface area (Å²) in [6.07, 6.45) is 21.7. The molecule has 3 unspecified atom stereocenters. The van der Waals surface area contributed by atoms with Crippen molar-refractivity contribution in [2.24, 2.45) is 0 Å². The maximum atomic E-state index is 12.3. The van der Waals surface area contributed by atoms with E-state index in [1.165, 1.54) is 51.4 Å². The van der Waals surface area contributed by atoms with E-state index in [9.17, 15) is 13.0 Å². The highest BCUT2D eigenvalue weighted by atomic mass is 79.9. The molecule has 3 nitrogen and oxygen atoms in total. The van der Waals surface area contributed by atoms with Crippen LogP contribution < -0.4 is 0 Å². The number of hydrogen-bond donors (Lipinski definition) is 1. The van der Waals surface area contributed by atoms with E-state index in [0.717, 1.165) is 35.7 Å². The molecule has 3 atom stereocenters. The van der Waals surface area contributed by atoms with Crippen molar-refractivity contribution in [3.8, 4) is 0 Å². The van der Waals surface area contributed by atoms with Gasteiger partial charge in [-0.25, -0.2) is 4.21 Å². The molecule has 0 fully saturated rings. The van der Waals surface area contributed by atoms with E-state index >= 15 is 0 Å². The van der Waals surface area contributed by atoms with Gasteiger partial charge in [-0.1, -0.05) is 105 Å². The lowest BCUT2D eigenvalue weighted by Gasteiger charge is -2.08. The summed E-state index contributed by atoms with van der Waals surface area (Å²) in [6.45, 7) is 2.25. The second-order valence-electron chi connectivity index (χ2n) is 8.31. The van der Waals surface area contributed by atoms with E-state index in [-0.39, 0.29) is 0 Å². The Balaban J connectivity index is 2.12. The van der Waals surface area contributed by atoms with E-state index < -0.39 is 27.1 Å². The Bertz CT molecular complexity index is 702. The molecular formula is C26H41BrO3S2. The van der Waals surface area contributed by atoms with Crippen LogP contribution in [0.15, 0.2) is 52.4 Å². The summed E-state index contributed by atoms with van der Waals surface area (Å²) in [4.78, 5) is 0. The van der Waals surface area contributed by atoms with Gasteiger partial charge in [-0.2, -0.15) is 0 Å². The first kappa shape index (κ1) is 29.5. The van der Waals surface area contributed by atoms with Crippen LogP contribution in [-0.2, 0) is 27.6 Å². The van der Waals surface area contributed by atoms with Gasteiger partial charge in [0.25, 0.3) is 0 Å². The maximum absolute atomic E-state index is 12.3. The molecule has 0 aliphatic carbocycles. The summed E-state index contributed by atoms with van der Waals surface area (Å²) in [7, 11) is -1.18. The number of allylic oxidation sites excluding steroid dienone is 2. The molecule has 0 saturated heterocycles. The van der Waals surface area contributed by atoms with Crippen LogP contribution in [0.25, 0.3) is 0 Å². The predicted molar refractivity (Wildman–Crippen MR) is 145 cm³/mol. The minimum absolute atomic E-state index is 0.418. The zero-order valence-electron chi connectivity index (χ0n) is 19.6. The Morgan fingerprint density at radius 3 is 2.03 bits per heavy atom. The third-order valence-corrected chi connectivity index (χ3v) is 7.94. The molecule has 0 heterocycles. The molecule has 0 aromatic heterocycles. The van der Waals surface area contributed by atoms with Crippen molar-refractivity contribution in [2.75, 3.05) is 0 Å². The van der Waals surface area contributed by atoms with E-state index in [1.54, 1.807) is 11.5 Å². The van der Waals surface area contributed by atoms with Crippen LogP contribution in [0.5, 0.6) is 0 Å². The van der Waals surface area contributed by atoms with Gasteiger partial charge in [0.05, 0.1) is 11.0 Å². The Labute approximate surface area is 209 Å². The van der Waals surface area contributed by atoms with Gasteiger partial charge in [0.15, 0.2) is 11.1 Å². The average molecular weight is 546 g/mol. The first-order valence-corrected chi connectivity index (χ1v) is 15.4. The second kappa shape index (κ2) is 19.9. The van der Waals surface area contributed by atoms with E-state index in [0.29, 0.717) is 12.2 Å². The van der Waals surface area contributed by atoms with E-state index in [2.05, 4.69) is 35.0 Å². The normalized spacial score (nSPS) is 14.8. The highest BCUT2D eigenvalue weighted by molar-refractivity contribution is 9.10. The summed E-state index contributed by atoms with van der Waals surface area (Å²) in [5, 5.41) is 1.14. The first-order valence-electron chi connectivity index (χ1n) is 12.1. The Kier molecular flexibility index (Phi) is 18.3. The molecule has 0 aliphatic heterocycles. The molecule has 1 N–H and O–H groups in total. The number of hydrogen-bond acceptors (Lipinski definition) is 2. The largest absolute Gasteiger partial charge is 0.306 e. The van der Waals surface area contributed by atoms with Gasteiger partial charge in [0.2, 0.25) is 0 Å². The molecular weight excluding hydrogens is 504 g/mol. The maximum Gasteiger partial charge on any atom is 0.159 e. The van der Waals surface area contributed by atoms with Crippen LogP contribution in [0.1, 0.15) is 96.0 Å². The van der Waals surface area contributed by atoms with Crippen molar-refractivity contribution < 1.29 is 13.0 Å².